The summed E-state index contributed by atoms with van der Waals surface area (Å²) in [5, 5.41) is 11.5. The van der Waals surface area contributed by atoms with E-state index in [1.807, 2.05) is 18.2 Å². The Morgan fingerprint density at radius 3 is 2.96 bits per heavy atom. The van der Waals surface area contributed by atoms with Gasteiger partial charge in [0, 0.05) is 26.2 Å². The van der Waals surface area contributed by atoms with E-state index in [-0.39, 0.29) is 17.8 Å². The molecule has 6 nitrogen and oxygen atoms in total. The van der Waals surface area contributed by atoms with E-state index >= 15 is 0 Å². The van der Waals surface area contributed by atoms with Crippen molar-refractivity contribution in [3.63, 3.8) is 0 Å². The van der Waals surface area contributed by atoms with Crippen LogP contribution < -0.4 is 5.32 Å². The Morgan fingerprint density at radius 2 is 2.21 bits per heavy atom. The molecule has 10 heteroatoms. The van der Waals surface area contributed by atoms with Crippen molar-refractivity contribution >= 4 is 53.1 Å². The van der Waals surface area contributed by atoms with Gasteiger partial charge in [0.05, 0.1) is 28.5 Å². The fourth-order valence-corrected chi connectivity index (χ4v) is 3.86. The maximum absolute atomic E-state index is 12.1. The van der Waals surface area contributed by atoms with Gasteiger partial charge in [-0.25, -0.2) is 0 Å². The number of halogens is 2. The number of hydrogen-bond acceptors (Lipinski definition) is 6. The van der Waals surface area contributed by atoms with Gasteiger partial charge in [-0.15, -0.1) is 0 Å². The molecule has 1 aliphatic rings. The molecule has 1 amide bonds. The summed E-state index contributed by atoms with van der Waals surface area (Å²) >= 11 is 18.4. The summed E-state index contributed by atoms with van der Waals surface area (Å²) in [5.41, 5.74) is 1.10. The summed E-state index contributed by atoms with van der Waals surface area (Å²) in [6.45, 7) is 3.44. The monoisotopic (exact) mass is 458 g/mol. The van der Waals surface area contributed by atoms with E-state index in [2.05, 4.69) is 20.4 Å². The van der Waals surface area contributed by atoms with Crippen molar-refractivity contribution in [3.05, 3.63) is 50.6 Å². The van der Waals surface area contributed by atoms with Crippen molar-refractivity contribution in [1.29, 1.82) is 0 Å². The smallest absolute Gasteiger partial charge is 0.230 e. The van der Waals surface area contributed by atoms with Gasteiger partial charge in [-0.2, -0.15) is 5.10 Å². The van der Waals surface area contributed by atoms with Gasteiger partial charge in [0.15, 0.2) is 0 Å². The quantitative estimate of drug-likeness (QED) is 0.488. The number of rotatable bonds is 7. The molecule has 3 rings (SSSR count). The third kappa shape index (κ3) is 6.72. The standard InChI is InChI=1S/C18H20Cl2N4O2S2/c19-14-2-1-12(7-15(14)20)9-24-5-6-26-13(10-24)8-21-16(25)11-28-18-4-3-17(27)22-23-18/h1-4,7,13H,5-6,8-11H2,(H,21,25)(H,22,27)/t13-/m0/s1. The van der Waals surface area contributed by atoms with Gasteiger partial charge < -0.3 is 10.1 Å². The summed E-state index contributed by atoms with van der Waals surface area (Å²) in [5.74, 6) is 0.233. The second kappa shape index (κ2) is 10.6. The minimum absolute atomic E-state index is 0.0450. The third-order valence-electron chi connectivity index (χ3n) is 4.14. The lowest BCUT2D eigenvalue weighted by molar-refractivity contribution is -0.119. The Bertz CT molecular complexity index is 860. The summed E-state index contributed by atoms with van der Waals surface area (Å²) in [4.78, 5) is 14.4. The van der Waals surface area contributed by atoms with Crippen molar-refractivity contribution in [3.8, 4) is 0 Å². The Hall–Kier alpha value is -1.16. The van der Waals surface area contributed by atoms with Crippen LogP contribution in [-0.4, -0.2) is 59.1 Å². The second-order valence-electron chi connectivity index (χ2n) is 6.33. The van der Waals surface area contributed by atoms with Crippen LogP contribution in [0.25, 0.3) is 0 Å². The normalized spacial score (nSPS) is 17.4. The lowest BCUT2D eigenvalue weighted by atomic mass is 10.2. The number of aromatic amines is 1. The number of thioether (sulfide) groups is 1. The molecule has 0 saturated carbocycles. The molecule has 1 fully saturated rings. The number of amides is 1. The molecule has 150 valence electrons. The molecule has 2 heterocycles. The van der Waals surface area contributed by atoms with Crippen molar-refractivity contribution in [2.45, 2.75) is 17.7 Å². The third-order valence-corrected chi connectivity index (χ3v) is 6.04. The number of morpholine rings is 1. The lowest BCUT2D eigenvalue weighted by Gasteiger charge is -2.33. The van der Waals surface area contributed by atoms with Crippen LogP contribution in [0.1, 0.15) is 5.56 Å². The average molecular weight is 459 g/mol. The highest BCUT2D eigenvalue weighted by Crippen LogP contribution is 2.23. The number of nitrogens with one attached hydrogen (secondary N) is 2. The molecule has 0 bridgehead atoms. The number of hydrogen-bond donors (Lipinski definition) is 2. The van der Waals surface area contributed by atoms with Crippen LogP contribution in [-0.2, 0) is 16.1 Å². The maximum Gasteiger partial charge on any atom is 0.230 e. The van der Waals surface area contributed by atoms with Gasteiger partial charge in [-0.1, -0.05) is 53.2 Å². The van der Waals surface area contributed by atoms with Crippen molar-refractivity contribution < 1.29 is 9.53 Å². The number of H-pyrrole nitrogens is 1. The summed E-state index contributed by atoms with van der Waals surface area (Å²) < 4.78 is 6.34. The van der Waals surface area contributed by atoms with Crippen molar-refractivity contribution in [2.24, 2.45) is 0 Å². The second-order valence-corrected chi connectivity index (χ2v) is 8.58. The predicted molar refractivity (Wildman–Crippen MR) is 115 cm³/mol. The fourth-order valence-electron chi connectivity index (χ4n) is 2.77. The number of ether oxygens (including phenoxy) is 1. The Labute approximate surface area is 182 Å². The number of carbonyl (C=O) groups is 1. The molecule has 1 aromatic carbocycles. The van der Waals surface area contributed by atoms with Gasteiger partial charge in [-0.05, 0) is 29.8 Å². The highest BCUT2D eigenvalue weighted by Gasteiger charge is 2.21. The molecule has 1 aliphatic heterocycles. The average Bonchev–Trinajstić information content (AvgIpc) is 2.69. The molecule has 0 aliphatic carbocycles. The molecular weight excluding hydrogens is 439 g/mol. The van der Waals surface area contributed by atoms with Gasteiger partial charge in [0.1, 0.15) is 9.67 Å². The molecule has 0 spiro atoms. The highest BCUT2D eigenvalue weighted by molar-refractivity contribution is 7.99. The van der Waals surface area contributed by atoms with Crippen LogP contribution >= 0.6 is 47.2 Å². The molecule has 1 saturated heterocycles. The minimum Gasteiger partial charge on any atom is -0.374 e. The molecule has 2 aromatic rings. The van der Waals surface area contributed by atoms with Crippen LogP contribution in [0.3, 0.4) is 0 Å². The van der Waals surface area contributed by atoms with E-state index in [0.29, 0.717) is 27.8 Å². The predicted octanol–water partition coefficient (Wildman–Crippen LogP) is 3.56. The van der Waals surface area contributed by atoms with Gasteiger partial charge in [0.25, 0.3) is 0 Å². The molecule has 28 heavy (non-hydrogen) atoms. The van der Waals surface area contributed by atoms with E-state index in [1.54, 1.807) is 12.1 Å². The molecule has 2 N–H and O–H groups in total. The van der Waals surface area contributed by atoms with Gasteiger partial charge in [-0.3, -0.25) is 14.8 Å². The number of benzene rings is 1. The molecule has 1 aromatic heterocycles. The number of nitrogens with zero attached hydrogens (tertiary/aromatic N) is 2. The zero-order valence-electron chi connectivity index (χ0n) is 15.0. The van der Waals surface area contributed by atoms with E-state index in [9.17, 15) is 4.79 Å². The van der Waals surface area contributed by atoms with Gasteiger partial charge >= 0.3 is 0 Å². The van der Waals surface area contributed by atoms with Crippen LogP contribution in [0.15, 0.2) is 35.4 Å². The van der Waals surface area contributed by atoms with Crippen LogP contribution in [0, 0.1) is 4.64 Å². The van der Waals surface area contributed by atoms with E-state index < -0.39 is 0 Å². The zero-order chi connectivity index (χ0) is 19.9. The van der Waals surface area contributed by atoms with Crippen LogP contribution in [0.5, 0.6) is 0 Å². The van der Waals surface area contributed by atoms with Crippen molar-refractivity contribution in [2.75, 3.05) is 32.0 Å². The SMILES string of the molecule is O=C(CSc1ccc(=S)[nH]n1)NC[C@H]1CN(Cc2ccc(Cl)c(Cl)c2)CCO1. The molecule has 0 radical (unpaired) electrons. The van der Waals surface area contributed by atoms with Gasteiger partial charge in [0.2, 0.25) is 5.91 Å². The Morgan fingerprint density at radius 1 is 1.36 bits per heavy atom. The van der Waals surface area contributed by atoms with E-state index in [1.165, 1.54) is 11.8 Å². The van der Waals surface area contributed by atoms with Crippen LogP contribution in [0.4, 0.5) is 0 Å². The van der Waals surface area contributed by atoms with Crippen molar-refractivity contribution in [1.82, 2.24) is 20.4 Å². The Kier molecular flexibility index (Phi) is 8.13. The van der Waals surface area contributed by atoms with E-state index in [4.69, 9.17) is 40.2 Å². The van der Waals surface area contributed by atoms with Crippen LogP contribution in [0.2, 0.25) is 10.0 Å². The minimum atomic E-state index is -0.0561. The highest BCUT2D eigenvalue weighted by atomic mass is 35.5. The first kappa shape index (κ1) is 21.5. The molecule has 0 unspecified atom stereocenters. The number of aromatic nitrogens is 2. The lowest BCUT2D eigenvalue weighted by Crippen LogP contribution is -2.47. The largest absolute Gasteiger partial charge is 0.374 e. The summed E-state index contributed by atoms with van der Waals surface area (Å²) in [7, 11) is 0. The fraction of sp³-hybridized carbons (Fsp3) is 0.389. The summed E-state index contributed by atoms with van der Waals surface area (Å²) in [6.07, 6.45) is -0.0450. The zero-order valence-corrected chi connectivity index (χ0v) is 18.1. The summed E-state index contributed by atoms with van der Waals surface area (Å²) in [6, 6.07) is 9.21. The first-order chi connectivity index (χ1) is 13.5. The maximum atomic E-state index is 12.1. The Balaban J connectivity index is 1.41. The first-order valence-electron chi connectivity index (χ1n) is 8.73. The number of carbonyl (C=O) groups excluding carboxylic acids is 1. The first-order valence-corrected chi connectivity index (χ1v) is 10.9. The molecular formula is C18H20Cl2N4O2S2. The van der Waals surface area contributed by atoms with E-state index in [0.717, 1.165) is 30.2 Å². The topological polar surface area (TPSA) is 70.2 Å². The molecule has 1 atom stereocenters.